The van der Waals surface area contributed by atoms with Gasteiger partial charge in [-0.3, -0.25) is 5.10 Å². The van der Waals surface area contributed by atoms with Crippen molar-refractivity contribution in [1.29, 1.82) is 5.26 Å². The molecule has 3 heteroatoms. The van der Waals surface area contributed by atoms with Gasteiger partial charge in [0.25, 0.3) is 0 Å². The molecule has 0 saturated heterocycles. The monoisotopic (exact) mass is 201 g/mol. The van der Waals surface area contributed by atoms with Crippen molar-refractivity contribution in [3.8, 4) is 6.07 Å². The standard InChI is InChI=1S/C10H9N3.C2H6/c1-6-7(2)9-5-12-13-10(9)3-8(6)4-11;1-2/h3,5H,1-2H3,(H,12,13);1-2H3. The van der Waals surface area contributed by atoms with Gasteiger partial charge >= 0.3 is 0 Å². The van der Waals surface area contributed by atoms with Crippen molar-refractivity contribution in [2.75, 3.05) is 0 Å². The molecule has 0 amide bonds. The number of hydrogen-bond donors (Lipinski definition) is 1. The average Bonchev–Trinajstić information content (AvgIpc) is 2.74. The van der Waals surface area contributed by atoms with Crippen LogP contribution in [-0.4, -0.2) is 10.2 Å². The summed E-state index contributed by atoms with van der Waals surface area (Å²) in [6.07, 6.45) is 1.79. The molecule has 2 rings (SSSR count). The van der Waals surface area contributed by atoms with Gasteiger partial charge in [-0.1, -0.05) is 13.8 Å². The van der Waals surface area contributed by atoms with E-state index in [0.717, 1.165) is 22.0 Å². The first kappa shape index (κ1) is 11.3. The van der Waals surface area contributed by atoms with Crippen LogP contribution in [0, 0.1) is 25.2 Å². The van der Waals surface area contributed by atoms with Crippen molar-refractivity contribution in [2.45, 2.75) is 27.7 Å². The highest BCUT2D eigenvalue weighted by Crippen LogP contribution is 2.22. The van der Waals surface area contributed by atoms with Crippen LogP contribution < -0.4 is 0 Å². The molecule has 15 heavy (non-hydrogen) atoms. The van der Waals surface area contributed by atoms with Crippen molar-refractivity contribution in [1.82, 2.24) is 10.2 Å². The zero-order valence-corrected chi connectivity index (χ0v) is 9.55. The van der Waals surface area contributed by atoms with Crippen LogP contribution >= 0.6 is 0 Å². The van der Waals surface area contributed by atoms with Gasteiger partial charge in [0.05, 0.1) is 23.3 Å². The van der Waals surface area contributed by atoms with E-state index in [1.54, 1.807) is 6.20 Å². The van der Waals surface area contributed by atoms with E-state index in [1.807, 2.05) is 33.8 Å². The summed E-state index contributed by atoms with van der Waals surface area (Å²) in [5.41, 5.74) is 3.81. The first-order valence-electron chi connectivity index (χ1n) is 5.07. The van der Waals surface area contributed by atoms with Gasteiger partial charge in [-0.15, -0.1) is 0 Å². The third-order valence-corrected chi connectivity index (χ3v) is 2.45. The Bertz CT molecular complexity index is 503. The second-order valence-electron chi connectivity index (χ2n) is 3.12. The van der Waals surface area contributed by atoms with E-state index in [9.17, 15) is 0 Å². The minimum atomic E-state index is 0.717. The number of aryl methyl sites for hydroxylation is 1. The Balaban J connectivity index is 0.000000531. The number of nitrogens with zero attached hydrogens (tertiary/aromatic N) is 2. The highest BCUT2D eigenvalue weighted by Gasteiger charge is 2.06. The highest BCUT2D eigenvalue weighted by atomic mass is 15.1. The van der Waals surface area contributed by atoms with E-state index in [-0.39, 0.29) is 0 Å². The summed E-state index contributed by atoms with van der Waals surface area (Å²) in [6.45, 7) is 7.97. The summed E-state index contributed by atoms with van der Waals surface area (Å²) in [6, 6.07) is 4.01. The molecule has 0 fully saturated rings. The summed E-state index contributed by atoms with van der Waals surface area (Å²) in [4.78, 5) is 0. The molecule has 1 aromatic carbocycles. The fourth-order valence-corrected chi connectivity index (χ4v) is 1.48. The number of aromatic amines is 1. The van der Waals surface area contributed by atoms with Crippen LogP contribution in [0.3, 0.4) is 0 Å². The second-order valence-corrected chi connectivity index (χ2v) is 3.12. The first-order valence-corrected chi connectivity index (χ1v) is 5.07. The number of fused-ring (bicyclic) bond motifs is 1. The lowest BCUT2D eigenvalue weighted by Gasteiger charge is -2.02. The maximum Gasteiger partial charge on any atom is 0.0995 e. The minimum Gasteiger partial charge on any atom is -0.278 e. The van der Waals surface area contributed by atoms with Crippen LogP contribution in [-0.2, 0) is 0 Å². The van der Waals surface area contributed by atoms with Gasteiger partial charge in [0, 0.05) is 5.39 Å². The molecule has 1 aromatic heterocycles. The summed E-state index contributed by atoms with van der Waals surface area (Å²) >= 11 is 0. The number of nitriles is 1. The molecule has 0 unspecified atom stereocenters. The molecule has 0 saturated carbocycles. The molecule has 0 aliphatic carbocycles. The molecule has 0 aliphatic rings. The SMILES string of the molecule is CC.Cc1c(C#N)cc2[nH]ncc2c1C. The maximum atomic E-state index is 8.86. The molecule has 0 bridgehead atoms. The third kappa shape index (κ3) is 1.84. The second kappa shape index (κ2) is 4.61. The van der Waals surface area contributed by atoms with Crippen LogP contribution in [0.4, 0.5) is 0 Å². The van der Waals surface area contributed by atoms with E-state index in [1.165, 1.54) is 0 Å². The molecular formula is C12H15N3. The summed E-state index contributed by atoms with van der Waals surface area (Å²) < 4.78 is 0. The lowest BCUT2D eigenvalue weighted by molar-refractivity contribution is 1.12. The Kier molecular flexibility index (Phi) is 3.46. The van der Waals surface area contributed by atoms with E-state index >= 15 is 0 Å². The predicted octanol–water partition coefficient (Wildman–Crippen LogP) is 3.08. The fourth-order valence-electron chi connectivity index (χ4n) is 1.48. The Morgan fingerprint density at radius 2 is 1.93 bits per heavy atom. The van der Waals surface area contributed by atoms with Crippen LogP contribution in [0.2, 0.25) is 0 Å². The molecule has 0 radical (unpaired) electrons. The number of benzene rings is 1. The Morgan fingerprint density at radius 1 is 1.27 bits per heavy atom. The van der Waals surface area contributed by atoms with Crippen LogP contribution in [0.5, 0.6) is 0 Å². The molecule has 78 valence electrons. The van der Waals surface area contributed by atoms with Gasteiger partial charge in [-0.2, -0.15) is 10.4 Å². The minimum absolute atomic E-state index is 0.717. The Labute approximate surface area is 89.7 Å². The van der Waals surface area contributed by atoms with Crippen molar-refractivity contribution in [3.63, 3.8) is 0 Å². The van der Waals surface area contributed by atoms with Crippen molar-refractivity contribution >= 4 is 10.9 Å². The molecule has 1 N–H and O–H groups in total. The first-order chi connectivity index (χ1) is 7.24. The molecule has 3 nitrogen and oxygen atoms in total. The van der Waals surface area contributed by atoms with E-state index in [4.69, 9.17) is 5.26 Å². The number of aromatic nitrogens is 2. The Hall–Kier alpha value is -1.82. The number of hydrogen-bond acceptors (Lipinski definition) is 2. The quantitative estimate of drug-likeness (QED) is 0.712. The Morgan fingerprint density at radius 3 is 2.53 bits per heavy atom. The van der Waals surface area contributed by atoms with Crippen molar-refractivity contribution in [3.05, 3.63) is 29.0 Å². The third-order valence-electron chi connectivity index (χ3n) is 2.45. The van der Waals surface area contributed by atoms with E-state index in [2.05, 4.69) is 16.3 Å². The van der Waals surface area contributed by atoms with Crippen LogP contribution in [0.25, 0.3) is 10.9 Å². The number of H-pyrrole nitrogens is 1. The zero-order valence-electron chi connectivity index (χ0n) is 9.55. The summed E-state index contributed by atoms with van der Waals surface area (Å²) in [7, 11) is 0. The molecule has 2 aromatic rings. The smallest absolute Gasteiger partial charge is 0.0995 e. The lowest BCUT2D eigenvalue weighted by atomic mass is 10.0. The van der Waals surface area contributed by atoms with Gasteiger partial charge in [-0.25, -0.2) is 0 Å². The fraction of sp³-hybridized carbons (Fsp3) is 0.333. The molecule has 1 heterocycles. The highest BCUT2D eigenvalue weighted by molar-refractivity contribution is 5.84. The van der Waals surface area contributed by atoms with E-state index < -0.39 is 0 Å². The van der Waals surface area contributed by atoms with Gasteiger partial charge in [0.15, 0.2) is 0 Å². The number of nitrogens with one attached hydrogen (secondary N) is 1. The summed E-state index contributed by atoms with van der Waals surface area (Å²) in [5.74, 6) is 0. The van der Waals surface area contributed by atoms with Crippen molar-refractivity contribution in [2.24, 2.45) is 0 Å². The van der Waals surface area contributed by atoms with Crippen LogP contribution in [0.15, 0.2) is 12.3 Å². The molecule has 0 atom stereocenters. The largest absolute Gasteiger partial charge is 0.278 e. The van der Waals surface area contributed by atoms with Gasteiger partial charge in [-0.05, 0) is 31.0 Å². The predicted molar refractivity (Wildman–Crippen MR) is 61.6 cm³/mol. The van der Waals surface area contributed by atoms with Gasteiger partial charge in [0.1, 0.15) is 0 Å². The van der Waals surface area contributed by atoms with Gasteiger partial charge < -0.3 is 0 Å². The van der Waals surface area contributed by atoms with E-state index in [0.29, 0.717) is 5.56 Å². The zero-order chi connectivity index (χ0) is 11.4. The lowest BCUT2D eigenvalue weighted by Crippen LogP contribution is -1.87. The average molecular weight is 201 g/mol. The molecule has 0 spiro atoms. The van der Waals surface area contributed by atoms with Gasteiger partial charge in [0.2, 0.25) is 0 Å². The molecular weight excluding hydrogens is 186 g/mol. The number of rotatable bonds is 0. The maximum absolute atomic E-state index is 8.86. The normalized spacial score (nSPS) is 9.27. The molecule has 0 aliphatic heterocycles. The topological polar surface area (TPSA) is 52.5 Å². The van der Waals surface area contributed by atoms with Crippen molar-refractivity contribution < 1.29 is 0 Å². The van der Waals surface area contributed by atoms with Crippen LogP contribution in [0.1, 0.15) is 30.5 Å². The summed E-state index contributed by atoms with van der Waals surface area (Å²) in [5, 5.41) is 16.8.